The van der Waals surface area contributed by atoms with Crippen molar-refractivity contribution in [2.75, 3.05) is 20.0 Å². The van der Waals surface area contributed by atoms with Gasteiger partial charge in [-0.15, -0.1) is 0 Å². The maximum atomic E-state index is 13.9. The van der Waals surface area contributed by atoms with Crippen LogP contribution in [0.3, 0.4) is 0 Å². The number of phenols is 1. The molecule has 8 nitrogen and oxygen atoms in total. The van der Waals surface area contributed by atoms with Crippen LogP contribution in [0, 0.1) is 13.8 Å². The third-order valence-electron chi connectivity index (χ3n) is 4.62. The molecule has 0 spiro atoms. The zero-order valence-electron chi connectivity index (χ0n) is 16.9. The average Bonchev–Trinajstić information content (AvgIpc) is 3.09. The largest absolute Gasteiger partial charge is 0.507 e. The highest BCUT2D eigenvalue weighted by Crippen LogP contribution is 2.46. The van der Waals surface area contributed by atoms with Gasteiger partial charge in [-0.2, -0.15) is 13.2 Å². The van der Waals surface area contributed by atoms with Gasteiger partial charge in [-0.05, 0) is 32.0 Å². The number of carbonyl (C=O) groups is 1. The Morgan fingerprint density at radius 1 is 1.16 bits per heavy atom. The van der Waals surface area contributed by atoms with Crippen LogP contribution >= 0.6 is 0 Å². The highest BCUT2D eigenvalue weighted by Gasteiger charge is 2.39. The fourth-order valence-electron chi connectivity index (χ4n) is 3.16. The van der Waals surface area contributed by atoms with Crippen molar-refractivity contribution in [3.8, 4) is 33.9 Å². The number of esters is 1. The molecular weight excluding hydrogens is 419 g/mol. The first-order chi connectivity index (χ1) is 14.5. The second-order valence-corrected chi connectivity index (χ2v) is 6.51. The van der Waals surface area contributed by atoms with Gasteiger partial charge in [0.05, 0.1) is 19.9 Å². The van der Waals surface area contributed by atoms with Crippen LogP contribution in [0.1, 0.15) is 27.6 Å². The molecule has 0 aliphatic carbocycles. The predicted octanol–water partition coefficient (Wildman–Crippen LogP) is 4.12. The monoisotopic (exact) mass is 437 g/mol. The van der Waals surface area contributed by atoms with Crippen molar-refractivity contribution < 1.29 is 37.0 Å². The molecule has 0 amide bonds. The first-order valence-electron chi connectivity index (χ1n) is 8.80. The van der Waals surface area contributed by atoms with Crippen molar-refractivity contribution >= 4 is 11.9 Å². The molecule has 2 aromatic heterocycles. The van der Waals surface area contributed by atoms with E-state index in [1.54, 1.807) is 0 Å². The van der Waals surface area contributed by atoms with Gasteiger partial charge in [0.15, 0.2) is 5.69 Å². The van der Waals surface area contributed by atoms with Gasteiger partial charge in [0.1, 0.15) is 17.3 Å². The molecule has 11 heteroatoms. The fraction of sp³-hybridized carbons (Fsp3) is 0.250. The Labute approximate surface area is 174 Å². The number of rotatable bonds is 4. The van der Waals surface area contributed by atoms with Crippen LogP contribution in [-0.2, 0) is 10.9 Å². The number of hydrogen-bond donors (Lipinski definition) is 2. The summed E-state index contributed by atoms with van der Waals surface area (Å²) < 4.78 is 56.8. The van der Waals surface area contributed by atoms with Crippen molar-refractivity contribution in [3.63, 3.8) is 0 Å². The summed E-state index contributed by atoms with van der Waals surface area (Å²) in [6, 6.07) is 3.92. The fourth-order valence-corrected chi connectivity index (χ4v) is 3.16. The SMILES string of the molecule is COC(=O)c1cc(-c2c(-c3ccc(OC)c(C)c3O)nc(N)nc2C(F)(F)F)c(C)o1. The van der Waals surface area contributed by atoms with Crippen LogP contribution in [0.4, 0.5) is 19.1 Å². The number of furan rings is 1. The first kappa shape index (κ1) is 21.9. The van der Waals surface area contributed by atoms with Crippen molar-refractivity contribution in [2.24, 2.45) is 0 Å². The topological polar surface area (TPSA) is 121 Å². The summed E-state index contributed by atoms with van der Waals surface area (Å²) in [7, 11) is 2.50. The highest BCUT2D eigenvalue weighted by molar-refractivity contribution is 5.92. The number of alkyl halides is 3. The van der Waals surface area contributed by atoms with E-state index in [1.165, 1.54) is 33.1 Å². The molecule has 3 rings (SSSR count). The van der Waals surface area contributed by atoms with E-state index in [-0.39, 0.29) is 39.7 Å². The zero-order valence-corrected chi connectivity index (χ0v) is 16.9. The molecule has 0 unspecified atom stereocenters. The number of carbonyl (C=O) groups excluding carboxylic acids is 1. The third kappa shape index (κ3) is 3.86. The quantitative estimate of drug-likeness (QED) is 0.585. The van der Waals surface area contributed by atoms with Gasteiger partial charge in [-0.3, -0.25) is 0 Å². The lowest BCUT2D eigenvalue weighted by molar-refractivity contribution is -0.140. The van der Waals surface area contributed by atoms with Crippen molar-refractivity contribution in [1.29, 1.82) is 0 Å². The van der Waals surface area contributed by atoms with Gasteiger partial charge in [0.2, 0.25) is 11.7 Å². The molecular formula is C20H18F3N3O5. The van der Waals surface area contributed by atoms with Gasteiger partial charge in [-0.25, -0.2) is 14.8 Å². The van der Waals surface area contributed by atoms with Gasteiger partial charge < -0.3 is 24.7 Å². The van der Waals surface area contributed by atoms with E-state index in [9.17, 15) is 23.1 Å². The van der Waals surface area contributed by atoms with Crippen LogP contribution in [0.25, 0.3) is 22.4 Å². The van der Waals surface area contributed by atoms with Crippen LogP contribution < -0.4 is 10.5 Å². The molecule has 2 heterocycles. The number of aromatic nitrogens is 2. The van der Waals surface area contributed by atoms with E-state index < -0.39 is 29.4 Å². The van der Waals surface area contributed by atoms with Crippen LogP contribution in [-0.4, -0.2) is 35.3 Å². The Balaban J connectivity index is 2.42. The second-order valence-electron chi connectivity index (χ2n) is 6.51. The van der Waals surface area contributed by atoms with E-state index in [0.717, 1.165) is 13.2 Å². The summed E-state index contributed by atoms with van der Waals surface area (Å²) in [5.41, 5.74) is 3.59. The average molecular weight is 437 g/mol. The molecule has 31 heavy (non-hydrogen) atoms. The second kappa shape index (κ2) is 7.82. The Morgan fingerprint density at radius 2 is 1.84 bits per heavy atom. The molecule has 0 saturated heterocycles. The Morgan fingerprint density at radius 3 is 2.42 bits per heavy atom. The molecule has 0 atom stereocenters. The zero-order chi connectivity index (χ0) is 23.1. The smallest absolute Gasteiger partial charge is 0.434 e. The lowest BCUT2D eigenvalue weighted by Crippen LogP contribution is -2.14. The maximum Gasteiger partial charge on any atom is 0.434 e. The number of aryl methyl sites for hydroxylation is 1. The molecule has 0 radical (unpaired) electrons. The number of hydrogen-bond acceptors (Lipinski definition) is 8. The standard InChI is InChI=1S/C20H18F3N3O5/c1-8-12(29-3)6-5-10(16(8)27)15-14(17(20(21,22)23)26-19(24)25-15)11-7-13(18(28)30-4)31-9(11)2/h5-7,27H,1-4H3,(H2,24,25,26). The number of ether oxygens (including phenoxy) is 2. The molecule has 0 saturated carbocycles. The number of methoxy groups -OCH3 is 2. The minimum Gasteiger partial charge on any atom is -0.507 e. The third-order valence-corrected chi connectivity index (χ3v) is 4.62. The molecule has 164 valence electrons. The number of nitrogens with zero attached hydrogens (tertiary/aromatic N) is 2. The number of phenolic OH excluding ortho intramolecular Hbond substituents is 1. The lowest BCUT2D eigenvalue weighted by Gasteiger charge is -2.18. The van der Waals surface area contributed by atoms with Gasteiger partial charge in [0, 0.05) is 22.3 Å². The summed E-state index contributed by atoms with van der Waals surface area (Å²) in [4.78, 5) is 19.2. The molecule has 0 fully saturated rings. The summed E-state index contributed by atoms with van der Waals surface area (Å²) in [6.07, 6.45) is -4.92. The highest BCUT2D eigenvalue weighted by atomic mass is 19.4. The minimum absolute atomic E-state index is 0.00903. The first-order valence-corrected chi connectivity index (χ1v) is 8.80. The number of benzene rings is 1. The van der Waals surface area contributed by atoms with Crippen molar-refractivity contribution in [1.82, 2.24) is 9.97 Å². The Kier molecular flexibility index (Phi) is 5.53. The molecule has 3 N–H and O–H groups in total. The number of halogens is 3. The van der Waals surface area contributed by atoms with E-state index in [1.807, 2.05) is 0 Å². The summed E-state index contributed by atoms with van der Waals surface area (Å²) in [5.74, 6) is -1.85. The van der Waals surface area contributed by atoms with Crippen LogP contribution in [0.15, 0.2) is 22.6 Å². The summed E-state index contributed by atoms with van der Waals surface area (Å²) in [5, 5.41) is 10.7. The number of aromatic hydroxyl groups is 1. The van der Waals surface area contributed by atoms with Crippen LogP contribution in [0.5, 0.6) is 11.5 Å². The van der Waals surface area contributed by atoms with Crippen molar-refractivity contribution in [2.45, 2.75) is 20.0 Å². The molecule has 0 aliphatic rings. The van der Waals surface area contributed by atoms with E-state index in [2.05, 4.69) is 14.7 Å². The summed E-state index contributed by atoms with van der Waals surface area (Å²) >= 11 is 0. The van der Waals surface area contributed by atoms with Crippen molar-refractivity contribution in [3.05, 3.63) is 41.0 Å². The van der Waals surface area contributed by atoms with E-state index in [0.29, 0.717) is 5.75 Å². The minimum atomic E-state index is -4.92. The normalized spacial score (nSPS) is 11.5. The number of nitrogens with two attached hydrogens (primary N) is 1. The Hall–Kier alpha value is -3.76. The Bertz CT molecular complexity index is 1170. The van der Waals surface area contributed by atoms with Gasteiger partial charge in [0.25, 0.3) is 0 Å². The number of anilines is 1. The van der Waals surface area contributed by atoms with Gasteiger partial charge >= 0.3 is 12.1 Å². The van der Waals surface area contributed by atoms with Crippen LogP contribution in [0.2, 0.25) is 0 Å². The predicted molar refractivity (Wildman–Crippen MR) is 104 cm³/mol. The lowest BCUT2D eigenvalue weighted by atomic mass is 9.95. The number of nitrogen functional groups attached to an aromatic ring is 1. The molecule has 0 bridgehead atoms. The maximum absolute atomic E-state index is 13.9. The molecule has 0 aliphatic heterocycles. The molecule has 1 aromatic carbocycles. The molecule has 3 aromatic rings. The summed E-state index contributed by atoms with van der Waals surface area (Å²) in [6.45, 7) is 2.91. The van der Waals surface area contributed by atoms with E-state index >= 15 is 0 Å². The van der Waals surface area contributed by atoms with E-state index in [4.69, 9.17) is 14.9 Å². The van der Waals surface area contributed by atoms with Gasteiger partial charge in [-0.1, -0.05) is 0 Å².